The number of hydrogen-bond acceptors (Lipinski definition) is 2. The van der Waals surface area contributed by atoms with Crippen LogP contribution in [0.5, 0.6) is 0 Å². The normalized spacial score (nSPS) is 10.9. The summed E-state index contributed by atoms with van der Waals surface area (Å²) in [4.78, 5) is 28.3. The Balaban J connectivity index is 1.95. The number of fused-ring (bicyclic) bond motifs is 1. The Morgan fingerprint density at radius 3 is 2.42 bits per heavy atom. The minimum Gasteiger partial charge on any atom is -0.350 e. The molecule has 1 aromatic heterocycles. The van der Waals surface area contributed by atoms with Gasteiger partial charge in [0.15, 0.2) is 0 Å². The molecule has 0 fully saturated rings. The molecule has 5 nitrogen and oxygen atoms in total. The molecule has 0 radical (unpaired) electrons. The van der Waals surface area contributed by atoms with Gasteiger partial charge in [-0.25, -0.2) is 0 Å². The predicted molar refractivity (Wildman–Crippen MR) is 105 cm³/mol. The molecule has 2 aromatic carbocycles. The van der Waals surface area contributed by atoms with Crippen LogP contribution in [0.2, 0.25) is 5.02 Å². The average molecular weight is 370 g/mol. The van der Waals surface area contributed by atoms with Crippen molar-refractivity contribution in [1.82, 2.24) is 10.3 Å². The zero-order chi connectivity index (χ0) is 18.7. The fourth-order valence-electron chi connectivity index (χ4n) is 2.61. The van der Waals surface area contributed by atoms with E-state index >= 15 is 0 Å². The third-order valence-corrected chi connectivity index (χ3v) is 4.20. The van der Waals surface area contributed by atoms with Crippen molar-refractivity contribution in [3.05, 3.63) is 64.8 Å². The zero-order valence-corrected chi connectivity index (χ0v) is 15.4. The lowest BCUT2D eigenvalue weighted by molar-refractivity contribution is 0.0945. The van der Waals surface area contributed by atoms with Gasteiger partial charge in [-0.15, -0.1) is 0 Å². The van der Waals surface area contributed by atoms with Crippen LogP contribution in [0.25, 0.3) is 10.9 Å². The predicted octanol–water partition coefficient (Wildman–Crippen LogP) is 4.46. The molecule has 3 N–H and O–H groups in total. The summed E-state index contributed by atoms with van der Waals surface area (Å²) in [5.74, 6) is -0.221. The highest BCUT2D eigenvalue weighted by Gasteiger charge is 2.20. The minimum atomic E-state index is -0.302. The number of rotatable bonds is 5. The molecule has 134 valence electrons. The van der Waals surface area contributed by atoms with Crippen LogP contribution in [-0.2, 0) is 0 Å². The van der Waals surface area contributed by atoms with E-state index in [1.807, 2.05) is 38.1 Å². The number of carbonyl (C=O) groups is 2. The summed E-state index contributed by atoms with van der Waals surface area (Å²) in [6, 6.07) is 14.1. The molecule has 0 aliphatic carbocycles. The van der Waals surface area contributed by atoms with E-state index in [0.29, 0.717) is 34.4 Å². The second-order valence-electron chi connectivity index (χ2n) is 6.49. The molecule has 0 saturated carbocycles. The quantitative estimate of drug-likeness (QED) is 0.621. The Labute approximate surface area is 156 Å². The van der Waals surface area contributed by atoms with Gasteiger partial charge in [-0.05, 0) is 36.2 Å². The molecule has 0 aliphatic heterocycles. The van der Waals surface area contributed by atoms with E-state index < -0.39 is 0 Å². The highest BCUT2D eigenvalue weighted by Crippen LogP contribution is 2.28. The molecule has 2 amide bonds. The molecular weight excluding hydrogens is 350 g/mol. The Morgan fingerprint density at radius 1 is 1.04 bits per heavy atom. The number of amides is 2. The minimum absolute atomic E-state index is 0.249. The third-order valence-electron chi connectivity index (χ3n) is 3.95. The number of H-pyrrole nitrogens is 1. The van der Waals surface area contributed by atoms with Gasteiger partial charge in [-0.2, -0.15) is 0 Å². The van der Waals surface area contributed by atoms with Gasteiger partial charge < -0.3 is 15.6 Å². The van der Waals surface area contributed by atoms with E-state index in [4.69, 9.17) is 11.6 Å². The van der Waals surface area contributed by atoms with Gasteiger partial charge >= 0.3 is 0 Å². The summed E-state index contributed by atoms with van der Waals surface area (Å²) < 4.78 is 0. The van der Waals surface area contributed by atoms with E-state index in [0.717, 1.165) is 10.9 Å². The van der Waals surface area contributed by atoms with Crippen LogP contribution in [0, 0.1) is 5.92 Å². The maximum absolute atomic E-state index is 12.6. The van der Waals surface area contributed by atoms with Crippen LogP contribution in [0.15, 0.2) is 48.5 Å². The van der Waals surface area contributed by atoms with E-state index in [1.54, 1.807) is 24.3 Å². The van der Waals surface area contributed by atoms with E-state index in [-0.39, 0.29) is 11.8 Å². The molecule has 26 heavy (non-hydrogen) atoms. The number of aromatic amines is 1. The number of nitrogens with one attached hydrogen (secondary N) is 3. The monoisotopic (exact) mass is 369 g/mol. The largest absolute Gasteiger partial charge is 0.350 e. The third kappa shape index (κ3) is 3.89. The summed E-state index contributed by atoms with van der Waals surface area (Å²) in [5, 5.41) is 7.08. The molecule has 0 aliphatic rings. The van der Waals surface area contributed by atoms with Crippen molar-refractivity contribution in [2.75, 3.05) is 11.9 Å². The van der Waals surface area contributed by atoms with E-state index in [2.05, 4.69) is 15.6 Å². The first kappa shape index (κ1) is 18.0. The van der Waals surface area contributed by atoms with Crippen molar-refractivity contribution in [2.24, 2.45) is 5.92 Å². The van der Waals surface area contributed by atoms with Gasteiger partial charge in [0.05, 0.1) is 5.69 Å². The number of benzene rings is 2. The van der Waals surface area contributed by atoms with Crippen molar-refractivity contribution in [3.8, 4) is 0 Å². The second kappa shape index (κ2) is 7.62. The lowest BCUT2D eigenvalue weighted by Crippen LogP contribution is -2.28. The lowest BCUT2D eigenvalue weighted by Gasteiger charge is -2.10. The Hall–Kier alpha value is -2.79. The molecule has 0 saturated heterocycles. The second-order valence-corrected chi connectivity index (χ2v) is 6.92. The van der Waals surface area contributed by atoms with Crippen molar-refractivity contribution >= 4 is 40.0 Å². The Bertz CT molecular complexity index is 945. The number of halogens is 1. The Kier molecular flexibility index (Phi) is 5.28. The molecule has 3 rings (SSSR count). The highest BCUT2D eigenvalue weighted by atomic mass is 35.5. The fraction of sp³-hybridized carbons (Fsp3) is 0.200. The summed E-state index contributed by atoms with van der Waals surface area (Å²) >= 11 is 5.87. The van der Waals surface area contributed by atoms with Gasteiger partial charge in [0.25, 0.3) is 11.8 Å². The SMILES string of the molecule is CC(C)CNC(=O)c1[nH]c2ccccc2c1NC(=O)c1ccc(Cl)cc1. The van der Waals surface area contributed by atoms with Crippen LogP contribution in [-0.4, -0.2) is 23.3 Å². The highest BCUT2D eigenvalue weighted by molar-refractivity contribution is 6.30. The van der Waals surface area contributed by atoms with Crippen LogP contribution >= 0.6 is 11.6 Å². The first-order chi connectivity index (χ1) is 12.5. The van der Waals surface area contributed by atoms with E-state index in [1.165, 1.54) is 0 Å². The van der Waals surface area contributed by atoms with Gasteiger partial charge in [-0.1, -0.05) is 43.6 Å². The first-order valence-electron chi connectivity index (χ1n) is 8.41. The standard InChI is InChI=1S/C20H20ClN3O2/c1-12(2)11-22-20(26)18-17(15-5-3-4-6-16(15)23-18)24-19(25)13-7-9-14(21)10-8-13/h3-10,12,23H,11H2,1-2H3,(H,22,26)(H,24,25). The number of anilines is 1. The van der Waals surface area contributed by atoms with Crippen molar-refractivity contribution in [3.63, 3.8) is 0 Å². The number of carbonyl (C=O) groups excluding carboxylic acids is 2. The topological polar surface area (TPSA) is 74.0 Å². The molecule has 0 spiro atoms. The number of para-hydroxylation sites is 1. The summed E-state index contributed by atoms with van der Waals surface area (Å²) in [6.45, 7) is 4.60. The maximum atomic E-state index is 12.6. The summed E-state index contributed by atoms with van der Waals surface area (Å²) in [6.07, 6.45) is 0. The molecule has 6 heteroatoms. The van der Waals surface area contributed by atoms with Crippen molar-refractivity contribution in [1.29, 1.82) is 0 Å². The van der Waals surface area contributed by atoms with Crippen LogP contribution in [0.4, 0.5) is 5.69 Å². The Morgan fingerprint density at radius 2 is 1.73 bits per heavy atom. The van der Waals surface area contributed by atoms with Crippen LogP contribution in [0.1, 0.15) is 34.7 Å². The molecule has 3 aromatic rings. The maximum Gasteiger partial charge on any atom is 0.269 e. The van der Waals surface area contributed by atoms with Gasteiger partial charge in [0, 0.05) is 28.0 Å². The zero-order valence-electron chi connectivity index (χ0n) is 14.6. The smallest absolute Gasteiger partial charge is 0.269 e. The van der Waals surface area contributed by atoms with Crippen molar-refractivity contribution in [2.45, 2.75) is 13.8 Å². The van der Waals surface area contributed by atoms with Gasteiger partial charge in [0.1, 0.15) is 5.69 Å². The molecular formula is C20H20ClN3O2. The lowest BCUT2D eigenvalue weighted by atomic mass is 10.1. The first-order valence-corrected chi connectivity index (χ1v) is 8.79. The molecule has 0 unspecified atom stereocenters. The molecule has 0 atom stereocenters. The summed E-state index contributed by atoms with van der Waals surface area (Å²) in [7, 11) is 0. The average Bonchev–Trinajstić information content (AvgIpc) is 2.99. The van der Waals surface area contributed by atoms with Crippen LogP contribution in [0.3, 0.4) is 0 Å². The van der Waals surface area contributed by atoms with E-state index in [9.17, 15) is 9.59 Å². The fourth-order valence-corrected chi connectivity index (χ4v) is 2.74. The number of aromatic nitrogens is 1. The molecule has 0 bridgehead atoms. The van der Waals surface area contributed by atoms with Crippen molar-refractivity contribution < 1.29 is 9.59 Å². The van der Waals surface area contributed by atoms with Gasteiger partial charge in [-0.3, -0.25) is 9.59 Å². The van der Waals surface area contributed by atoms with Crippen LogP contribution < -0.4 is 10.6 Å². The number of hydrogen-bond donors (Lipinski definition) is 3. The summed E-state index contributed by atoms with van der Waals surface area (Å²) in [5.41, 5.74) is 2.07. The van der Waals surface area contributed by atoms with Gasteiger partial charge in [0.2, 0.25) is 0 Å². The molecule has 1 heterocycles.